The van der Waals surface area contributed by atoms with Crippen LogP contribution in [0.15, 0.2) is 4.52 Å². The van der Waals surface area contributed by atoms with Crippen molar-refractivity contribution in [1.82, 2.24) is 10.1 Å². The van der Waals surface area contributed by atoms with E-state index in [4.69, 9.17) is 14.4 Å². The van der Waals surface area contributed by atoms with E-state index in [0.29, 0.717) is 5.82 Å². The van der Waals surface area contributed by atoms with Gasteiger partial charge >= 0.3 is 0 Å². The maximum atomic E-state index is 12.2. The maximum absolute atomic E-state index is 12.2. The molecule has 102 valence electrons. The Balaban J connectivity index is 2.10. The summed E-state index contributed by atoms with van der Waals surface area (Å²) in [6, 6.07) is 0. The lowest BCUT2D eigenvalue weighted by atomic mass is 10.0. The lowest BCUT2D eigenvalue weighted by Crippen LogP contribution is -2.26. The molecule has 1 saturated carbocycles. The van der Waals surface area contributed by atoms with Gasteiger partial charge in [-0.25, -0.2) is 8.78 Å². The Hall–Kier alpha value is -1.08. The van der Waals surface area contributed by atoms with Gasteiger partial charge < -0.3 is 14.4 Å². The normalized spacial score (nSPS) is 20.5. The number of methoxy groups -OCH3 is 1. The zero-order valence-corrected chi connectivity index (χ0v) is 10.1. The van der Waals surface area contributed by atoms with Gasteiger partial charge in [0.2, 0.25) is 11.7 Å². The van der Waals surface area contributed by atoms with Crippen LogP contribution in [-0.4, -0.2) is 34.9 Å². The van der Waals surface area contributed by atoms with E-state index in [-0.39, 0.29) is 12.3 Å². The van der Waals surface area contributed by atoms with Gasteiger partial charge in [-0.05, 0) is 25.7 Å². The van der Waals surface area contributed by atoms with Gasteiger partial charge in [-0.15, -0.1) is 0 Å². The Morgan fingerprint density at radius 2 is 2.11 bits per heavy atom. The molecular formula is C11H16F2N2O3. The highest BCUT2D eigenvalue weighted by Gasteiger charge is 2.40. The van der Waals surface area contributed by atoms with Crippen LogP contribution in [0.1, 0.15) is 37.4 Å². The minimum atomic E-state index is -2.82. The highest BCUT2D eigenvalue weighted by Crippen LogP contribution is 2.40. The summed E-state index contributed by atoms with van der Waals surface area (Å²) in [6.07, 6.45) is -1.33. The number of hydrogen-bond acceptors (Lipinski definition) is 5. The van der Waals surface area contributed by atoms with Crippen LogP contribution in [0.3, 0.4) is 0 Å². The summed E-state index contributed by atoms with van der Waals surface area (Å²) < 4.78 is 34.7. The molecule has 0 saturated heterocycles. The van der Waals surface area contributed by atoms with E-state index in [9.17, 15) is 8.78 Å². The van der Waals surface area contributed by atoms with E-state index in [2.05, 4.69) is 10.1 Å². The maximum Gasteiger partial charge on any atom is 0.264 e. The molecule has 1 aromatic rings. The van der Waals surface area contributed by atoms with Crippen LogP contribution in [0.5, 0.6) is 0 Å². The SMILES string of the molecule is COC1(c2noc(CC(O)C(F)F)n2)CCCC1. The highest BCUT2D eigenvalue weighted by molar-refractivity contribution is 5.04. The topological polar surface area (TPSA) is 68.4 Å². The van der Waals surface area contributed by atoms with Crippen LogP contribution in [-0.2, 0) is 16.8 Å². The lowest BCUT2D eigenvalue weighted by molar-refractivity contribution is -0.0178. The summed E-state index contributed by atoms with van der Waals surface area (Å²) in [5.74, 6) is 0.403. The van der Waals surface area contributed by atoms with Crippen molar-refractivity contribution in [3.63, 3.8) is 0 Å². The predicted octanol–water partition coefficient (Wildman–Crippen LogP) is 1.65. The zero-order chi connectivity index (χ0) is 13.2. The summed E-state index contributed by atoms with van der Waals surface area (Å²) in [6.45, 7) is 0. The van der Waals surface area contributed by atoms with Gasteiger partial charge in [-0.3, -0.25) is 0 Å². The third-order valence-electron chi connectivity index (χ3n) is 3.35. The summed E-state index contributed by atoms with van der Waals surface area (Å²) in [5.41, 5.74) is -0.558. The average molecular weight is 262 g/mol. The van der Waals surface area contributed by atoms with Gasteiger partial charge in [0.05, 0.1) is 6.42 Å². The molecule has 1 aromatic heterocycles. The standard InChI is InChI=1S/C11H16F2N2O3/c1-17-11(4-2-3-5-11)10-14-8(18-15-10)6-7(16)9(12)13/h7,9,16H,2-6H2,1H3. The van der Waals surface area contributed by atoms with Crippen molar-refractivity contribution in [3.8, 4) is 0 Å². The lowest BCUT2D eigenvalue weighted by Gasteiger charge is -2.22. The van der Waals surface area contributed by atoms with Crippen molar-refractivity contribution >= 4 is 0 Å². The first-order valence-electron chi connectivity index (χ1n) is 5.92. The fourth-order valence-electron chi connectivity index (χ4n) is 2.26. The molecule has 0 amide bonds. The molecule has 18 heavy (non-hydrogen) atoms. The molecule has 1 atom stereocenters. The molecule has 1 heterocycles. The number of hydrogen-bond donors (Lipinski definition) is 1. The highest BCUT2D eigenvalue weighted by atomic mass is 19.3. The largest absolute Gasteiger partial charge is 0.387 e. The van der Waals surface area contributed by atoms with E-state index < -0.39 is 18.1 Å². The minimum Gasteiger partial charge on any atom is -0.387 e. The Morgan fingerprint density at radius 3 is 2.67 bits per heavy atom. The molecule has 0 aliphatic heterocycles. The smallest absolute Gasteiger partial charge is 0.264 e. The number of aliphatic hydroxyl groups excluding tert-OH is 1. The van der Waals surface area contributed by atoms with Crippen molar-refractivity contribution in [2.24, 2.45) is 0 Å². The van der Waals surface area contributed by atoms with Gasteiger partial charge in [0, 0.05) is 7.11 Å². The third kappa shape index (κ3) is 2.51. The van der Waals surface area contributed by atoms with Gasteiger partial charge in [0.25, 0.3) is 6.43 Å². The van der Waals surface area contributed by atoms with Crippen molar-refractivity contribution < 1.29 is 23.1 Å². The monoisotopic (exact) mass is 262 g/mol. The van der Waals surface area contributed by atoms with Crippen molar-refractivity contribution in [2.75, 3.05) is 7.11 Å². The molecule has 5 nitrogen and oxygen atoms in total. The summed E-state index contributed by atoms with van der Waals surface area (Å²) >= 11 is 0. The van der Waals surface area contributed by atoms with Gasteiger partial charge in [-0.2, -0.15) is 4.98 Å². The summed E-state index contributed by atoms with van der Waals surface area (Å²) in [4.78, 5) is 4.06. The zero-order valence-electron chi connectivity index (χ0n) is 10.1. The second-order valence-corrected chi connectivity index (χ2v) is 4.52. The van der Waals surface area contributed by atoms with Crippen molar-refractivity contribution in [2.45, 2.75) is 50.2 Å². The molecular weight excluding hydrogens is 246 g/mol. The van der Waals surface area contributed by atoms with Crippen LogP contribution < -0.4 is 0 Å². The Bertz CT molecular complexity index is 391. The van der Waals surface area contributed by atoms with Crippen LogP contribution in [0.2, 0.25) is 0 Å². The minimum absolute atomic E-state index is 0.0149. The predicted molar refractivity (Wildman–Crippen MR) is 57.2 cm³/mol. The average Bonchev–Trinajstić information content (AvgIpc) is 2.97. The van der Waals surface area contributed by atoms with E-state index in [1.54, 1.807) is 7.11 Å². The first-order valence-corrected chi connectivity index (χ1v) is 5.92. The molecule has 7 heteroatoms. The second kappa shape index (κ2) is 5.27. The van der Waals surface area contributed by atoms with Crippen LogP contribution in [0.4, 0.5) is 8.78 Å². The fraction of sp³-hybridized carbons (Fsp3) is 0.818. The molecule has 0 aromatic carbocycles. The molecule has 1 N–H and O–H groups in total. The fourth-order valence-corrected chi connectivity index (χ4v) is 2.26. The molecule has 1 aliphatic rings. The van der Waals surface area contributed by atoms with Crippen molar-refractivity contribution in [1.29, 1.82) is 0 Å². The van der Waals surface area contributed by atoms with Crippen molar-refractivity contribution in [3.05, 3.63) is 11.7 Å². The number of aliphatic hydroxyl groups is 1. The van der Waals surface area contributed by atoms with E-state index in [1.807, 2.05) is 0 Å². The van der Waals surface area contributed by atoms with Gasteiger partial charge in [0.1, 0.15) is 11.7 Å². The quantitative estimate of drug-likeness (QED) is 0.873. The van der Waals surface area contributed by atoms with E-state index >= 15 is 0 Å². The van der Waals surface area contributed by atoms with Crippen LogP contribution >= 0.6 is 0 Å². The number of ether oxygens (including phenoxy) is 1. The van der Waals surface area contributed by atoms with Gasteiger partial charge in [0.15, 0.2) is 0 Å². The second-order valence-electron chi connectivity index (χ2n) is 4.52. The van der Waals surface area contributed by atoms with Crippen LogP contribution in [0.25, 0.3) is 0 Å². The van der Waals surface area contributed by atoms with Crippen LogP contribution in [0, 0.1) is 0 Å². The molecule has 0 radical (unpaired) electrons. The molecule has 1 aliphatic carbocycles. The van der Waals surface area contributed by atoms with E-state index in [0.717, 1.165) is 25.7 Å². The number of rotatable bonds is 5. The summed E-state index contributed by atoms with van der Waals surface area (Å²) in [7, 11) is 1.58. The van der Waals surface area contributed by atoms with E-state index in [1.165, 1.54) is 0 Å². The molecule has 1 unspecified atom stereocenters. The first-order chi connectivity index (χ1) is 8.57. The molecule has 2 rings (SSSR count). The Labute approximate surface area is 103 Å². The number of halogens is 2. The molecule has 1 fully saturated rings. The number of aromatic nitrogens is 2. The third-order valence-corrected chi connectivity index (χ3v) is 3.35. The Kier molecular flexibility index (Phi) is 3.91. The van der Waals surface area contributed by atoms with Gasteiger partial charge in [-0.1, -0.05) is 5.16 Å². The molecule has 0 bridgehead atoms. The Morgan fingerprint density at radius 1 is 1.44 bits per heavy atom. The first kappa shape index (κ1) is 13.4. The molecule has 0 spiro atoms. The number of nitrogens with zero attached hydrogens (tertiary/aromatic N) is 2. The number of alkyl halides is 2. The summed E-state index contributed by atoms with van der Waals surface area (Å²) in [5, 5.41) is 12.9.